The second-order valence-corrected chi connectivity index (χ2v) is 7.12. The number of benzene rings is 1. The van der Waals surface area contributed by atoms with Gasteiger partial charge in [0.1, 0.15) is 0 Å². The Labute approximate surface area is 179 Å². The smallest absolute Gasteiger partial charge is 0.276 e. The third kappa shape index (κ3) is 5.31. The second kappa shape index (κ2) is 9.94. The van der Waals surface area contributed by atoms with Crippen LogP contribution in [0.25, 0.3) is 6.08 Å². The molecule has 1 aromatic carbocycles. The van der Waals surface area contributed by atoms with E-state index in [1.54, 1.807) is 30.4 Å². The lowest BCUT2D eigenvalue weighted by Crippen LogP contribution is -2.38. The predicted octanol–water partition coefficient (Wildman–Crippen LogP) is 2.33. The highest BCUT2D eigenvalue weighted by molar-refractivity contribution is 5.80. The molecule has 1 N–H and O–H groups in total. The summed E-state index contributed by atoms with van der Waals surface area (Å²) in [4.78, 5) is 28.6. The van der Waals surface area contributed by atoms with Gasteiger partial charge in [0.2, 0.25) is 17.8 Å². The molecule has 1 aromatic heterocycles. The first kappa shape index (κ1) is 20.7. The van der Waals surface area contributed by atoms with Crippen molar-refractivity contribution in [3.05, 3.63) is 46.0 Å². The van der Waals surface area contributed by atoms with Crippen LogP contribution in [-0.4, -0.2) is 65.5 Å². The van der Waals surface area contributed by atoms with E-state index in [-0.39, 0.29) is 5.69 Å². The summed E-state index contributed by atoms with van der Waals surface area (Å²) in [5.41, 5.74) is 3.40. The van der Waals surface area contributed by atoms with Gasteiger partial charge in [-0.2, -0.15) is 20.1 Å². The van der Waals surface area contributed by atoms with Gasteiger partial charge in [-0.3, -0.25) is 10.1 Å². The molecule has 0 bridgehead atoms. The van der Waals surface area contributed by atoms with Crippen LogP contribution in [-0.2, 0) is 4.74 Å². The number of nitrogens with one attached hydrogen (secondary N) is 1. The van der Waals surface area contributed by atoms with Gasteiger partial charge in [0, 0.05) is 38.5 Å². The molecule has 0 radical (unpaired) electrons. The lowest BCUT2D eigenvalue weighted by atomic mass is 10.2. The average Bonchev–Trinajstić information content (AvgIpc) is 3.35. The number of anilines is 3. The molecule has 2 fully saturated rings. The molecular weight excluding hydrogens is 400 g/mol. The third-order valence-corrected chi connectivity index (χ3v) is 5.03. The summed E-state index contributed by atoms with van der Waals surface area (Å²) in [6.07, 6.45) is 7.00. The minimum atomic E-state index is -0.410. The fourth-order valence-corrected chi connectivity index (χ4v) is 3.45. The Balaban J connectivity index is 1.48. The van der Waals surface area contributed by atoms with Gasteiger partial charge >= 0.3 is 0 Å². The molecule has 0 spiro atoms. The summed E-state index contributed by atoms with van der Waals surface area (Å²) in [5.74, 6) is 1.60. The van der Waals surface area contributed by atoms with Gasteiger partial charge in [-0.1, -0.05) is 12.1 Å². The molecule has 0 aliphatic carbocycles. The van der Waals surface area contributed by atoms with E-state index >= 15 is 0 Å². The lowest BCUT2D eigenvalue weighted by Gasteiger charge is -2.27. The largest absolute Gasteiger partial charge is 0.378 e. The number of hydrogen-bond acceptors (Lipinski definition) is 10. The number of rotatable bonds is 7. The maximum atomic E-state index is 11.1. The Kier molecular flexibility index (Phi) is 6.62. The Hall–Kier alpha value is -3.60. The predicted molar refractivity (Wildman–Crippen MR) is 119 cm³/mol. The van der Waals surface area contributed by atoms with Crippen LogP contribution in [0.15, 0.2) is 35.4 Å². The molecule has 3 heterocycles. The van der Waals surface area contributed by atoms with Crippen molar-refractivity contribution in [1.82, 2.24) is 15.0 Å². The van der Waals surface area contributed by atoms with Crippen LogP contribution in [0.3, 0.4) is 0 Å². The van der Waals surface area contributed by atoms with Gasteiger partial charge in [0.25, 0.3) is 5.69 Å². The molecule has 0 atom stereocenters. The first-order valence-electron chi connectivity index (χ1n) is 10.2. The highest BCUT2D eigenvalue weighted by atomic mass is 16.6. The number of hydrogen-bond donors (Lipinski definition) is 1. The molecule has 162 valence electrons. The zero-order chi connectivity index (χ0) is 21.5. The van der Waals surface area contributed by atoms with Crippen LogP contribution in [0.2, 0.25) is 0 Å². The molecule has 0 unspecified atom stereocenters. The summed E-state index contributed by atoms with van der Waals surface area (Å²) in [7, 11) is 0. The van der Waals surface area contributed by atoms with Crippen molar-refractivity contribution >= 4 is 35.8 Å². The maximum Gasteiger partial charge on any atom is 0.276 e. The van der Waals surface area contributed by atoms with Gasteiger partial charge < -0.3 is 14.5 Å². The van der Waals surface area contributed by atoms with Crippen LogP contribution in [0.4, 0.5) is 23.5 Å². The fourth-order valence-electron chi connectivity index (χ4n) is 3.45. The molecule has 4 rings (SSSR count). The number of aromatic nitrogens is 3. The van der Waals surface area contributed by atoms with Gasteiger partial charge in [-0.15, -0.1) is 0 Å². The number of hydrazone groups is 1. The third-order valence-electron chi connectivity index (χ3n) is 5.03. The van der Waals surface area contributed by atoms with Crippen LogP contribution in [0.5, 0.6) is 0 Å². The number of nitro benzene ring substituents is 1. The Morgan fingerprint density at radius 2 is 1.71 bits per heavy atom. The molecule has 11 nitrogen and oxygen atoms in total. The quantitative estimate of drug-likeness (QED) is 0.405. The van der Waals surface area contributed by atoms with E-state index in [9.17, 15) is 10.1 Å². The minimum absolute atomic E-state index is 0.0444. The summed E-state index contributed by atoms with van der Waals surface area (Å²) >= 11 is 0. The summed E-state index contributed by atoms with van der Waals surface area (Å²) < 4.78 is 5.42. The van der Waals surface area contributed by atoms with Crippen molar-refractivity contribution < 1.29 is 9.66 Å². The molecule has 2 aromatic rings. The number of ether oxygens (including phenoxy) is 1. The first-order chi connectivity index (χ1) is 15.2. The van der Waals surface area contributed by atoms with Crippen molar-refractivity contribution in [2.45, 2.75) is 12.8 Å². The van der Waals surface area contributed by atoms with E-state index in [0.29, 0.717) is 36.6 Å². The van der Waals surface area contributed by atoms with E-state index in [0.717, 1.165) is 39.0 Å². The Bertz CT molecular complexity index is 969. The van der Waals surface area contributed by atoms with Crippen molar-refractivity contribution in [2.75, 3.05) is 54.6 Å². The maximum absolute atomic E-state index is 11.1. The van der Waals surface area contributed by atoms with Gasteiger partial charge in [-0.25, -0.2) is 5.43 Å². The van der Waals surface area contributed by atoms with Crippen LogP contribution in [0, 0.1) is 10.1 Å². The van der Waals surface area contributed by atoms with E-state index < -0.39 is 4.92 Å². The normalized spacial score (nSPS) is 17.0. The van der Waals surface area contributed by atoms with E-state index in [1.807, 2.05) is 0 Å². The standard InChI is InChI=1S/C20H24N8O3/c29-28(30)17-8-2-1-6-16(17)7-5-9-21-25-18-22-19(26-10-3-4-11-26)24-20(23-18)27-12-14-31-15-13-27/h1-2,5-9H,3-4,10-15H2,(H,22,23,24,25)/b7-5+,21-9?. The number of nitrogens with zero attached hydrogens (tertiary/aromatic N) is 7. The molecule has 2 saturated heterocycles. The minimum Gasteiger partial charge on any atom is -0.378 e. The van der Waals surface area contributed by atoms with Crippen molar-refractivity contribution in [3.8, 4) is 0 Å². The Morgan fingerprint density at radius 1 is 1.03 bits per heavy atom. The van der Waals surface area contributed by atoms with Gasteiger partial charge in [-0.05, 0) is 31.1 Å². The van der Waals surface area contributed by atoms with Crippen molar-refractivity contribution in [3.63, 3.8) is 0 Å². The highest BCUT2D eigenvalue weighted by Crippen LogP contribution is 2.21. The molecule has 0 amide bonds. The SMILES string of the molecule is O=[N+]([O-])c1ccccc1/C=C/C=NNc1nc(N2CCCC2)nc(N2CCOCC2)n1. The second-order valence-electron chi connectivity index (χ2n) is 7.12. The van der Waals surface area contributed by atoms with Crippen molar-refractivity contribution in [1.29, 1.82) is 0 Å². The highest BCUT2D eigenvalue weighted by Gasteiger charge is 2.21. The number of para-hydroxylation sites is 1. The van der Waals surface area contributed by atoms with Gasteiger partial charge in [0.15, 0.2) is 0 Å². The first-order valence-corrected chi connectivity index (χ1v) is 10.2. The van der Waals surface area contributed by atoms with Crippen molar-refractivity contribution in [2.24, 2.45) is 5.10 Å². The average molecular weight is 424 g/mol. The van der Waals surface area contributed by atoms with Gasteiger partial charge in [0.05, 0.1) is 23.7 Å². The fraction of sp³-hybridized carbons (Fsp3) is 0.400. The monoisotopic (exact) mass is 424 g/mol. The number of morpholine rings is 1. The molecule has 0 saturated carbocycles. The molecular formula is C20H24N8O3. The summed E-state index contributed by atoms with van der Waals surface area (Å²) in [6.45, 7) is 4.58. The number of allylic oxidation sites excluding steroid dienone is 1. The van der Waals surface area contributed by atoms with Crippen LogP contribution in [0.1, 0.15) is 18.4 Å². The van der Waals surface area contributed by atoms with Crippen LogP contribution < -0.4 is 15.2 Å². The van der Waals surface area contributed by atoms with E-state index in [1.165, 1.54) is 12.3 Å². The van der Waals surface area contributed by atoms with E-state index in [2.05, 4.69) is 35.3 Å². The molecule has 31 heavy (non-hydrogen) atoms. The molecule has 11 heteroatoms. The Morgan fingerprint density at radius 3 is 2.42 bits per heavy atom. The zero-order valence-corrected chi connectivity index (χ0v) is 17.1. The molecule has 2 aliphatic heterocycles. The topological polar surface area (TPSA) is 122 Å². The zero-order valence-electron chi connectivity index (χ0n) is 17.1. The van der Waals surface area contributed by atoms with E-state index in [4.69, 9.17) is 4.74 Å². The lowest BCUT2D eigenvalue weighted by molar-refractivity contribution is -0.385. The summed E-state index contributed by atoms with van der Waals surface area (Å²) in [6, 6.07) is 6.53. The molecule has 2 aliphatic rings. The summed E-state index contributed by atoms with van der Waals surface area (Å²) in [5, 5.41) is 15.2. The van der Waals surface area contributed by atoms with Crippen LogP contribution >= 0.6 is 0 Å². The number of nitro groups is 1.